The number of nitrogens with zero attached hydrogens (tertiary/aromatic N) is 1. The van der Waals surface area contributed by atoms with Crippen LogP contribution < -0.4 is 17.2 Å². The molecule has 0 heterocycles. The highest BCUT2D eigenvalue weighted by Gasteiger charge is 2.05. The average molecular weight is 116 g/mol. The maximum atomic E-state index is 5.25. The zero-order valence-corrected chi connectivity index (χ0v) is 5.18. The third kappa shape index (κ3) is 5.39. The van der Waals surface area contributed by atoms with Gasteiger partial charge in [0.1, 0.15) is 0 Å². The molecule has 0 aliphatic carbocycles. The smallest absolute Gasteiger partial charge is 0.158 e. The fourth-order valence-electron chi connectivity index (χ4n) is 0.380. The van der Waals surface area contributed by atoms with Crippen LogP contribution in [0.2, 0.25) is 0 Å². The summed E-state index contributed by atoms with van der Waals surface area (Å²) in [5, 5.41) is 0. The SMILES string of the molecule is CC(N)=NC(C)(N)N. The van der Waals surface area contributed by atoms with Gasteiger partial charge in [-0.3, -0.25) is 11.5 Å². The normalized spacial score (nSPS) is 14.2. The molecule has 0 aliphatic rings. The summed E-state index contributed by atoms with van der Waals surface area (Å²) in [5.41, 5.74) is 15.7. The molecule has 0 radical (unpaired) electrons. The first-order valence-electron chi connectivity index (χ1n) is 2.31. The highest BCUT2D eigenvalue weighted by atomic mass is 15.2. The zero-order valence-electron chi connectivity index (χ0n) is 5.18. The van der Waals surface area contributed by atoms with Crippen LogP contribution in [0.5, 0.6) is 0 Å². The first kappa shape index (κ1) is 7.39. The molecule has 4 nitrogen and oxygen atoms in total. The Morgan fingerprint density at radius 3 is 1.88 bits per heavy atom. The molecule has 0 saturated heterocycles. The van der Waals surface area contributed by atoms with Gasteiger partial charge in [0.15, 0.2) is 5.79 Å². The lowest BCUT2D eigenvalue weighted by Gasteiger charge is -2.11. The van der Waals surface area contributed by atoms with Crippen LogP contribution >= 0.6 is 0 Å². The Labute approximate surface area is 48.7 Å². The first-order valence-corrected chi connectivity index (χ1v) is 2.31. The maximum Gasteiger partial charge on any atom is 0.158 e. The van der Waals surface area contributed by atoms with E-state index in [4.69, 9.17) is 17.2 Å². The second kappa shape index (κ2) is 2.11. The van der Waals surface area contributed by atoms with E-state index in [1.165, 1.54) is 0 Å². The summed E-state index contributed by atoms with van der Waals surface area (Å²) in [5.74, 6) is -0.615. The molecule has 0 amide bonds. The van der Waals surface area contributed by atoms with Crippen LogP contribution in [0.4, 0.5) is 0 Å². The van der Waals surface area contributed by atoms with Gasteiger partial charge in [0.25, 0.3) is 0 Å². The molecule has 0 fully saturated rings. The van der Waals surface area contributed by atoms with Crippen molar-refractivity contribution in [3.05, 3.63) is 0 Å². The highest BCUT2D eigenvalue weighted by Crippen LogP contribution is 1.86. The van der Waals surface area contributed by atoms with Crippen molar-refractivity contribution in [2.75, 3.05) is 0 Å². The standard InChI is InChI=1S/C4H12N4/c1-3(5)8-4(2,6)7/h6-7H2,1-2H3,(H2,5,8). The molecular formula is C4H12N4. The van der Waals surface area contributed by atoms with Crippen LogP contribution in [-0.4, -0.2) is 11.6 Å². The third-order valence-electron chi connectivity index (χ3n) is 0.417. The lowest BCUT2D eigenvalue weighted by molar-refractivity contribution is 0.518. The Hall–Kier alpha value is -0.610. The molecule has 0 atom stereocenters. The molecule has 0 bridgehead atoms. The van der Waals surface area contributed by atoms with Crippen LogP contribution in [0.1, 0.15) is 13.8 Å². The minimum absolute atomic E-state index is 0.400. The van der Waals surface area contributed by atoms with E-state index in [0.717, 1.165) is 0 Å². The van der Waals surface area contributed by atoms with E-state index in [1.54, 1.807) is 13.8 Å². The Morgan fingerprint density at radius 1 is 1.50 bits per heavy atom. The van der Waals surface area contributed by atoms with Gasteiger partial charge in [0, 0.05) is 0 Å². The van der Waals surface area contributed by atoms with E-state index in [2.05, 4.69) is 4.99 Å². The highest BCUT2D eigenvalue weighted by molar-refractivity contribution is 5.77. The largest absolute Gasteiger partial charge is 0.388 e. The molecule has 4 heteroatoms. The zero-order chi connectivity index (χ0) is 6.78. The monoisotopic (exact) mass is 116 g/mol. The second-order valence-electron chi connectivity index (χ2n) is 1.98. The van der Waals surface area contributed by atoms with Gasteiger partial charge >= 0.3 is 0 Å². The van der Waals surface area contributed by atoms with Crippen LogP contribution in [0.25, 0.3) is 0 Å². The summed E-state index contributed by atoms with van der Waals surface area (Å²) in [6, 6.07) is 0. The quantitative estimate of drug-likeness (QED) is 0.232. The van der Waals surface area contributed by atoms with Crippen LogP contribution in [0, 0.1) is 0 Å². The van der Waals surface area contributed by atoms with Crippen molar-refractivity contribution in [1.29, 1.82) is 0 Å². The van der Waals surface area contributed by atoms with Crippen molar-refractivity contribution in [3.63, 3.8) is 0 Å². The Kier molecular flexibility index (Phi) is 1.94. The number of amidine groups is 1. The minimum Gasteiger partial charge on any atom is -0.388 e. The summed E-state index contributed by atoms with van der Waals surface area (Å²) < 4.78 is 0. The predicted molar refractivity (Wildman–Crippen MR) is 34.1 cm³/mol. The summed E-state index contributed by atoms with van der Waals surface area (Å²) in [7, 11) is 0. The van der Waals surface area contributed by atoms with Gasteiger partial charge in [0.05, 0.1) is 5.84 Å². The van der Waals surface area contributed by atoms with Crippen LogP contribution in [0.3, 0.4) is 0 Å². The molecule has 0 aromatic rings. The summed E-state index contributed by atoms with van der Waals surface area (Å²) in [6.07, 6.45) is 0. The number of aliphatic imine (C=N–C) groups is 1. The van der Waals surface area contributed by atoms with E-state index in [0.29, 0.717) is 5.84 Å². The van der Waals surface area contributed by atoms with Gasteiger partial charge in [0.2, 0.25) is 0 Å². The molecule has 0 saturated carbocycles. The summed E-state index contributed by atoms with van der Waals surface area (Å²) in [6.45, 7) is 3.21. The third-order valence-corrected chi connectivity index (χ3v) is 0.417. The second-order valence-corrected chi connectivity index (χ2v) is 1.98. The number of hydrogen-bond acceptors (Lipinski definition) is 3. The predicted octanol–water partition coefficient (Wildman–Crippen LogP) is -1.05. The van der Waals surface area contributed by atoms with Crippen molar-refractivity contribution in [2.24, 2.45) is 22.2 Å². The van der Waals surface area contributed by atoms with Crippen molar-refractivity contribution in [2.45, 2.75) is 19.6 Å². The lowest BCUT2D eigenvalue weighted by Crippen LogP contribution is -2.45. The van der Waals surface area contributed by atoms with E-state index in [9.17, 15) is 0 Å². The number of nitrogens with two attached hydrogens (primary N) is 3. The molecule has 8 heavy (non-hydrogen) atoms. The molecule has 0 unspecified atom stereocenters. The van der Waals surface area contributed by atoms with Crippen molar-refractivity contribution in [3.8, 4) is 0 Å². The number of rotatable bonds is 1. The fraction of sp³-hybridized carbons (Fsp3) is 0.750. The van der Waals surface area contributed by atoms with E-state index < -0.39 is 5.79 Å². The fourth-order valence-corrected chi connectivity index (χ4v) is 0.380. The summed E-state index contributed by atoms with van der Waals surface area (Å²) >= 11 is 0. The molecule has 0 aromatic heterocycles. The molecule has 48 valence electrons. The molecular weight excluding hydrogens is 104 g/mol. The van der Waals surface area contributed by atoms with Crippen LogP contribution in [0.15, 0.2) is 4.99 Å². The molecule has 0 aliphatic heterocycles. The Balaban J connectivity index is 3.89. The van der Waals surface area contributed by atoms with Gasteiger partial charge in [-0.2, -0.15) is 0 Å². The van der Waals surface area contributed by atoms with Crippen LogP contribution in [-0.2, 0) is 0 Å². The number of hydrogen-bond donors (Lipinski definition) is 3. The first-order chi connectivity index (χ1) is 3.42. The Morgan fingerprint density at radius 2 is 1.88 bits per heavy atom. The molecule has 0 spiro atoms. The average Bonchev–Trinajstić information content (AvgIpc) is 1.21. The van der Waals surface area contributed by atoms with Gasteiger partial charge in [-0.15, -0.1) is 0 Å². The van der Waals surface area contributed by atoms with Gasteiger partial charge < -0.3 is 5.73 Å². The van der Waals surface area contributed by atoms with Crippen molar-refractivity contribution in [1.82, 2.24) is 0 Å². The lowest BCUT2D eigenvalue weighted by atomic mass is 10.4. The topological polar surface area (TPSA) is 90.4 Å². The van der Waals surface area contributed by atoms with Crippen molar-refractivity contribution < 1.29 is 0 Å². The summed E-state index contributed by atoms with van der Waals surface area (Å²) in [4.78, 5) is 3.66. The van der Waals surface area contributed by atoms with Crippen molar-refractivity contribution >= 4 is 5.84 Å². The maximum absolute atomic E-state index is 5.25. The Bertz CT molecular complexity index is 95.1. The van der Waals surface area contributed by atoms with E-state index in [-0.39, 0.29) is 0 Å². The van der Waals surface area contributed by atoms with Gasteiger partial charge in [-0.1, -0.05) is 0 Å². The van der Waals surface area contributed by atoms with Gasteiger partial charge in [-0.25, -0.2) is 4.99 Å². The van der Waals surface area contributed by atoms with E-state index in [1.807, 2.05) is 0 Å². The van der Waals surface area contributed by atoms with Gasteiger partial charge in [-0.05, 0) is 13.8 Å². The van der Waals surface area contributed by atoms with E-state index >= 15 is 0 Å². The minimum atomic E-state index is -1.02. The molecule has 0 rings (SSSR count). The molecule has 0 aromatic carbocycles. The molecule has 6 N–H and O–H groups in total.